The second-order valence-corrected chi connectivity index (χ2v) is 3.17. The Morgan fingerprint density at radius 1 is 1.43 bits per heavy atom. The van der Waals surface area contributed by atoms with Crippen molar-refractivity contribution < 1.29 is 9.18 Å². The first kappa shape index (κ1) is 10.7. The number of hydrogen-bond acceptors (Lipinski definition) is 2. The summed E-state index contributed by atoms with van der Waals surface area (Å²) in [6, 6.07) is 6.49. The van der Waals surface area contributed by atoms with Gasteiger partial charge in [0.15, 0.2) is 0 Å². The monoisotopic (exact) mass is 195 g/mol. The normalized spacial score (nSPS) is 9.93. The van der Waals surface area contributed by atoms with Crippen LogP contribution in [0.3, 0.4) is 0 Å². The van der Waals surface area contributed by atoms with Crippen LogP contribution in [0, 0.1) is 5.82 Å². The topological polar surface area (TPSA) is 20.3 Å². The highest BCUT2D eigenvalue weighted by molar-refractivity contribution is 5.81. The molecule has 0 atom stereocenters. The molecule has 0 aromatic heterocycles. The predicted molar refractivity (Wildman–Crippen MR) is 55.0 cm³/mol. The van der Waals surface area contributed by atoms with Gasteiger partial charge in [-0.1, -0.05) is 12.1 Å². The number of rotatable bonds is 4. The minimum Gasteiger partial charge on any atom is -0.362 e. The Hall–Kier alpha value is -1.38. The second-order valence-electron chi connectivity index (χ2n) is 3.17. The van der Waals surface area contributed by atoms with Crippen LogP contribution in [0.1, 0.15) is 13.8 Å². The van der Waals surface area contributed by atoms with Crippen LogP contribution in [-0.2, 0) is 4.79 Å². The molecule has 0 bridgehead atoms. The molecule has 0 aliphatic rings. The molecular formula is C11H14FNO. The van der Waals surface area contributed by atoms with E-state index < -0.39 is 0 Å². The van der Waals surface area contributed by atoms with Crippen LogP contribution >= 0.6 is 0 Å². The molecule has 14 heavy (non-hydrogen) atoms. The maximum atomic E-state index is 13.3. The van der Waals surface area contributed by atoms with E-state index in [4.69, 9.17) is 0 Å². The first-order chi connectivity index (χ1) is 6.65. The Labute approximate surface area is 83.3 Å². The maximum absolute atomic E-state index is 13.3. The number of nitrogens with zero attached hydrogens (tertiary/aromatic N) is 1. The number of para-hydroxylation sites is 1. The molecule has 0 radical (unpaired) electrons. The van der Waals surface area contributed by atoms with Crippen molar-refractivity contribution in [3.63, 3.8) is 0 Å². The fraction of sp³-hybridized carbons (Fsp3) is 0.364. The Bertz CT molecular complexity index is 325. The minimum atomic E-state index is -0.282. The number of likely N-dealkylation sites (N-methyl/N-ethyl adjacent to an activating group) is 1. The van der Waals surface area contributed by atoms with E-state index in [1.54, 1.807) is 23.1 Å². The molecule has 0 aliphatic carbocycles. The summed E-state index contributed by atoms with van der Waals surface area (Å²) in [6.45, 7) is 4.29. The Balaban J connectivity index is 2.89. The number of halogens is 1. The van der Waals surface area contributed by atoms with Crippen molar-refractivity contribution in [2.24, 2.45) is 0 Å². The number of carbonyl (C=O) groups excluding carboxylic acids is 1. The number of hydrogen-bond donors (Lipinski definition) is 0. The van der Waals surface area contributed by atoms with Crippen molar-refractivity contribution in [2.45, 2.75) is 13.8 Å². The van der Waals surface area contributed by atoms with Crippen LogP contribution in [0.4, 0.5) is 10.1 Å². The first-order valence-electron chi connectivity index (χ1n) is 4.64. The van der Waals surface area contributed by atoms with Gasteiger partial charge in [0.1, 0.15) is 11.6 Å². The summed E-state index contributed by atoms with van der Waals surface area (Å²) in [5.41, 5.74) is 0.491. The van der Waals surface area contributed by atoms with Crippen molar-refractivity contribution >= 4 is 11.5 Å². The number of carbonyl (C=O) groups is 1. The third-order valence-electron chi connectivity index (χ3n) is 1.99. The van der Waals surface area contributed by atoms with Crippen LogP contribution < -0.4 is 4.90 Å². The van der Waals surface area contributed by atoms with Crippen LogP contribution in [0.5, 0.6) is 0 Å². The predicted octanol–water partition coefficient (Wildman–Crippen LogP) is 2.24. The van der Waals surface area contributed by atoms with Crippen molar-refractivity contribution in [2.75, 3.05) is 18.0 Å². The molecule has 0 amide bonds. The van der Waals surface area contributed by atoms with Gasteiger partial charge < -0.3 is 4.90 Å². The molecule has 0 N–H and O–H groups in total. The average molecular weight is 195 g/mol. The van der Waals surface area contributed by atoms with Gasteiger partial charge in [0.05, 0.1) is 12.2 Å². The standard InChI is InChI=1S/C11H14FNO/c1-3-13(8-9(2)14)11-7-5-4-6-10(11)12/h4-7H,3,8H2,1-2H3. The van der Waals surface area contributed by atoms with Crippen LogP contribution in [0.2, 0.25) is 0 Å². The van der Waals surface area contributed by atoms with Gasteiger partial charge in [-0.3, -0.25) is 4.79 Å². The van der Waals surface area contributed by atoms with E-state index >= 15 is 0 Å². The molecule has 76 valence electrons. The first-order valence-corrected chi connectivity index (χ1v) is 4.64. The van der Waals surface area contributed by atoms with Gasteiger partial charge in [-0.15, -0.1) is 0 Å². The van der Waals surface area contributed by atoms with Gasteiger partial charge in [-0.25, -0.2) is 4.39 Å². The van der Waals surface area contributed by atoms with E-state index in [0.717, 1.165) is 0 Å². The number of anilines is 1. The fourth-order valence-electron chi connectivity index (χ4n) is 1.34. The van der Waals surface area contributed by atoms with Crippen molar-refractivity contribution in [1.29, 1.82) is 0 Å². The van der Waals surface area contributed by atoms with Crippen molar-refractivity contribution in [3.8, 4) is 0 Å². The van der Waals surface area contributed by atoms with E-state index in [-0.39, 0.29) is 18.1 Å². The summed E-state index contributed by atoms with van der Waals surface area (Å²) in [7, 11) is 0. The van der Waals surface area contributed by atoms with E-state index in [9.17, 15) is 9.18 Å². The lowest BCUT2D eigenvalue weighted by atomic mass is 10.2. The zero-order chi connectivity index (χ0) is 10.6. The third kappa shape index (κ3) is 2.55. The zero-order valence-electron chi connectivity index (χ0n) is 8.46. The quantitative estimate of drug-likeness (QED) is 0.734. The molecular weight excluding hydrogens is 181 g/mol. The van der Waals surface area contributed by atoms with Gasteiger partial charge in [0.2, 0.25) is 0 Å². The third-order valence-corrected chi connectivity index (χ3v) is 1.99. The fourth-order valence-corrected chi connectivity index (χ4v) is 1.34. The lowest BCUT2D eigenvalue weighted by Gasteiger charge is -2.21. The molecule has 0 unspecified atom stereocenters. The zero-order valence-corrected chi connectivity index (χ0v) is 8.46. The number of benzene rings is 1. The molecule has 1 rings (SSSR count). The summed E-state index contributed by atoms with van der Waals surface area (Å²) in [4.78, 5) is 12.7. The molecule has 0 spiro atoms. The van der Waals surface area contributed by atoms with Gasteiger partial charge >= 0.3 is 0 Å². The minimum absolute atomic E-state index is 0.0371. The van der Waals surface area contributed by atoms with Crippen LogP contribution in [0.25, 0.3) is 0 Å². The van der Waals surface area contributed by atoms with Gasteiger partial charge in [0.25, 0.3) is 0 Å². The lowest BCUT2D eigenvalue weighted by molar-refractivity contribution is -0.115. The molecule has 1 aromatic rings. The Kier molecular flexibility index (Phi) is 3.63. The van der Waals surface area contributed by atoms with Gasteiger partial charge in [-0.05, 0) is 26.0 Å². The highest BCUT2D eigenvalue weighted by atomic mass is 19.1. The smallest absolute Gasteiger partial charge is 0.149 e. The van der Waals surface area contributed by atoms with Crippen LogP contribution in [-0.4, -0.2) is 18.9 Å². The van der Waals surface area contributed by atoms with E-state index in [2.05, 4.69) is 0 Å². The number of Topliss-reactive ketones (excluding diaryl/α,β-unsaturated/α-hetero) is 1. The summed E-state index contributed by atoms with van der Waals surface area (Å²) in [5.74, 6) is -0.245. The van der Waals surface area contributed by atoms with E-state index in [1.807, 2.05) is 6.92 Å². The van der Waals surface area contributed by atoms with Crippen molar-refractivity contribution in [3.05, 3.63) is 30.1 Å². The van der Waals surface area contributed by atoms with Gasteiger partial charge in [-0.2, -0.15) is 0 Å². The molecule has 2 nitrogen and oxygen atoms in total. The van der Waals surface area contributed by atoms with Crippen LogP contribution in [0.15, 0.2) is 24.3 Å². The maximum Gasteiger partial charge on any atom is 0.149 e. The SMILES string of the molecule is CCN(CC(C)=O)c1ccccc1F. The lowest BCUT2D eigenvalue weighted by Crippen LogP contribution is -2.28. The highest BCUT2D eigenvalue weighted by Crippen LogP contribution is 2.17. The highest BCUT2D eigenvalue weighted by Gasteiger charge is 2.10. The van der Waals surface area contributed by atoms with E-state index in [1.165, 1.54) is 13.0 Å². The summed E-state index contributed by atoms with van der Waals surface area (Å²) in [5, 5.41) is 0. The van der Waals surface area contributed by atoms with E-state index in [0.29, 0.717) is 12.2 Å². The van der Waals surface area contributed by atoms with Crippen molar-refractivity contribution in [1.82, 2.24) is 0 Å². The largest absolute Gasteiger partial charge is 0.362 e. The average Bonchev–Trinajstić information content (AvgIpc) is 2.15. The molecule has 0 heterocycles. The Morgan fingerprint density at radius 2 is 2.07 bits per heavy atom. The molecule has 0 saturated carbocycles. The van der Waals surface area contributed by atoms with Gasteiger partial charge in [0, 0.05) is 6.54 Å². The number of ketones is 1. The molecule has 0 fully saturated rings. The molecule has 0 saturated heterocycles. The molecule has 1 aromatic carbocycles. The summed E-state index contributed by atoms with van der Waals surface area (Å²) in [6.07, 6.45) is 0. The molecule has 3 heteroatoms. The molecule has 0 aliphatic heterocycles. The Morgan fingerprint density at radius 3 is 2.57 bits per heavy atom. The summed E-state index contributed by atoms with van der Waals surface area (Å²) < 4.78 is 13.3. The summed E-state index contributed by atoms with van der Waals surface area (Å²) >= 11 is 0. The second kappa shape index (κ2) is 4.74.